The zero-order valence-corrected chi connectivity index (χ0v) is 16.7. The van der Waals surface area contributed by atoms with E-state index in [-0.39, 0.29) is 0 Å². The smallest absolute Gasteiger partial charge is 0.191 e. The molecule has 0 amide bonds. The fourth-order valence-corrected chi connectivity index (χ4v) is 2.87. The Labute approximate surface area is 170 Å². The number of benzene rings is 1. The number of hydrogen-bond donors (Lipinski definition) is 2. The third-order valence-electron chi connectivity index (χ3n) is 4.21. The normalized spacial score (nSPS) is 11.4. The lowest BCUT2D eigenvalue weighted by atomic mass is 10.1. The van der Waals surface area contributed by atoms with Gasteiger partial charge in [0.25, 0.3) is 0 Å². The van der Waals surface area contributed by atoms with E-state index < -0.39 is 0 Å². The average Bonchev–Trinajstić information content (AvgIpc) is 3.25. The molecule has 0 saturated heterocycles. The van der Waals surface area contributed by atoms with Crippen molar-refractivity contribution in [2.75, 3.05) is 19.6 Å². The highest BCUT2D eigenvalue weighted by molar-refractivity contribution is 6.29. The van der Waals surface area contributed by atoms with E-state index in [9.17, 15) is 0 Å². The molecule has 28 heavy (non-hydrogen) atoms. The van der Waals surface area contributed by atoms with Gasteiger partial charge in [0, 0.05) is 38.2 Å². The van der Waals surface area contributed by atoms with Crippen LogP contribution in [0.15, 0.2) is 66.0 Å². The Kier molecular flexibility index (Phi) is 7.44. The number of aliphatic imine (C=N–C) groups is 1. The summed E-state index contributed by atoms with van der Waals surface area (Å²) in [6, 6.07) is 14.1. The third kappa shape index (κ3) is 6.09. The van der Waals surface area contributed by atoms with Crippen molar-refractivity contribution in [3.8, 4) is 5.69 Å². The molecule has 3 rings (SSSR count). The maximum Gasteiger partial charge on any atom is 0.191 e. The van der Waals surface area contributed by atoms with Crippen molar-refractivity contribution in [2.24, 2.45) is 4.99 Å². The minimum absolute atomic E-state index is 0.518. The Morgan fingerprint density at radius 2 is 1.89 bits per heavy atom. The fraction of sp³-hybridized carbons (Fsp3) is 0.286. The van der Waals surface area contributed by atoms with E-state index in [2.05, 4.69) is 56.9 Å². The Morgan fingerprint density at radius 1 is 1.07 bits per heavy atom. The van der Waals surface area contributed by atoms with E-state index in [0.29, 0.717) is 5.15 Å². The molecule has 0 aliphatic carbocycles. The topological polar surface area (TPSA) is 67.1 Å². The van der Waals surface area contributed by atoms with Gasteiger partial charge in [0.1, 0.15) is 5.15 Å². The predicted octanol–water partition coefficient (Wildman–Crippen LogP) is 3.26. The average molecular weight is 397 g/mol. The van der Waals surface area contributed by atoms with E-state index in [1.54, 1.807) is 12.4 Å². The van der Waals surface area contributed by atoms with Crippen LogP contribution >= 0.6 is 11.6 Å². The van der Waals surface area contributed by atoms with Crippen molar-refractivity contribution < 1.29 is 0 Å². The third-order valence-corrected chi connectivity index (χ3v) is 4.44. The summed E-state index contributed by atoms with van der Waals surface area (Å²) in [6.45, 7) is 4.40. The number of guanidine groups is 1. The van der Waals surface area contributed by atoms with Gasteiger partial charge in [-0.3, -0.25) is 4.99 Å². The SMILES string of the molecule is CCNC(=NCCc1ccc(-n2cccn2)cc1)NCCc1ccc(Cl)nc1. The number of halogens is 1. The van der Waals surface area contributed by atoms with Gasteiger partial charge < -0.3 is 10.6 Å². The summed E-state index contributed by atoms with van der Waals surface area (Å²) >= 11 is 5.82. The molecule has 0 unspecified atom stereocenters. The number of pyridine rings is 1. The number of aromatic nitrogens is 3. The second-order valence-electron chi connectivity index (χ2n) is 6.29. The Balaban J connectivity index is 1.47. The number of nitrogens with one attached hydrogen (secondary N) is 2. The summed E-state index contributed by atoms with van der Waals surface area (Å²) in [6.07, 6.45) is 7.27. The Bertz CT molecular complexity index is 857. The van der Waals surface area contributed by atoms with Crippen LogP contribution in [0.1, 0.15) is 18.1 Å². The van der Waals surface area contributed by atoms with E-state index in [4.69, 9.17) is 11.6 Å². The highest BCUT2D eigenvalue weighted by atomic mass is 35.5. The number of hydrogen-bond acceptors (Lipinski definition) is 3. The lowest BCUT2D eigenvalue weighted by Gasteiger charge is -2.11. The molecule has 0 radical (unpaired) electrons. The molecule has 2 heterocycles. The van der Waals surface area contributed by atoms with Gasteiger partial charge in [-0.2, -0.15) is 5.10 Å². The lowest BCUT2D eigenvalue weighted by molar-refractivity contribution is 0.795. The molecular formula is C21H25ClN6. The maximum atomic E-state index is 5.82. The van der Waals surface area contributed by atoms with Gasteiger partial charge in [0.05, 0.1) is 5.69 Å². The van der Waals surface area contributed by atoms with Crippen molar-refractivity contribution in [2.45, 2.75) is 19.8 Å². The zero-order chi connectivity index (χ0) is 19.6. The van der Waals surface area contributed by atoms with E-state index in [1.165, 1.54) is 5.56 Å². The molecule has 0 atom stereocenters. The lowest BCUT2D eigenvalue weighted by Crippen LogP contribution is -2.38. The van der Waals surface area contributed by atoms with Crippen LogP contribution in [0.25, 0.3) is 5.69 Å². The molecule has 0 fully saturated rings. The summed E-state index contributed by atoms with van der Waals surface area (Å²) in [5.41, 5.74) is 3.46. The van der Waals surface area contributed by atoms with E-state index >= 15 is 0 Å². The standard InChI is InChI=1S/C21H25ClN6/c1-2-23-21(25-14-11-18-6-9-20(22)26-16-18)24-13-10-17-4-7-19(8-5-17)28-15-3-12-27-28/h3-9,12,15-16H,2,10-11,13-14H2,1H3,(H2,23,24,25). The predicted molar refractivity (Wildman–Crippen MR) is 114 cm³/mol. The minimum atomic E-state index is 0.518. The summed E-state index contributed by atoms with van der Waals surface area (Å²) < 4.78 is 1.85. The van der Waals surface area contributed by atoms with Crippen molar-refractivity contribution in [3.05, 3.63) is 77.3 Å². The van der Waals surface area contributed by atoms with E-state index in [0.717, 1.165) is 49.7 Å². The summed E-state index contributed by atoms with van der Waals surface area (Å²) in [5, 5.41) is 11.4. The minimum Gasteiger partial charge on any atom is -0.357 e. The first-order valence-electron chi connectivity index (χ1n) is 9.46. The zero-order valence-electron chi connectivity index (χ0n) is 16.0. The highest BCUT2D eigenvalue weighted by Crippen LogP contribution is 2.09. The van der Waals surface area contributed by atoms with Gasteiger partial charge in [-0.05, 0) is 55.2 Å². The summed E-state index contributed by atoms with van der Waals surface area (Å²) in [7, 11) is 0. The molecule has 2 N–H and O–H groups in total. The Morgan fingerprint density at radius 3 is 2.57 bits per heavy atom. The van der Waals surface area contributed by atoms with Crippen LogP contribution in [0.4, 0.5) is 0 Å². The van der Waals surface area contributed by atoms with Gasteiger partial charge in [-0.25, -0.2) is 9.67 Å². The van der Waals surface area contributed by atoms with Gasteiger partial charge >= 0.3 is 0 Å². The van der Waals surface area contributed by atoms with Gasteiger partial charge in [0.2, 0.25) is 0 Å². The van der Waals surface area contributed by atoms with Crippen LogP contribution in [-0.2, 0) is 12.8 Å². The van der Waals surface area contributed by atoms with E-state index in [1.807, 2.05) is 29.1 Å². The van der Waals surface area contributed by atoms with Crippen LogP contribution in [0.5, 0.6) is 0 Å². The number of rotatable bonds is 8. The quantitative estimate of drug-likeness (QED) is 0.348. The molecule has 7 heteroatoms. The molecule has 6 nitrogen and oxygen atoms in total. The molecular weight excluding hydrogens is 372 g/mol. The van der Waals surface area contributed by atoms with Gasteiger partial charge in [0.15, 0.2) is 5.96 Å². The first kappa shape index (κ1) is 19.9. The molecule has 0 aliphatic rings. The molecule has 0 aliphatic heterocycles. The Hall–Kier alpha value is -2.86. The van der Waals surface area contributed by atoms with Gasteiger partial charge in [-0.1, -0.05) is 29.8 Å². The van der Waals surface area contributed by atoms with Crippen LogP contribution in [0.2, 0.25) is 5.15 Å². The summed E-state index contributed by atoms with van der Waals surface area (Å²) in [4.78, 5) is 8.77. The van der Waals surface area contributed by atoms with Crippen molar-refractivity contribution in [1.29, 1.82) is 0 Å². The van der Waals surface area contributed by atoms with Gasteiger partial charge in [-0.15, -0.1) is 0 Å². The van der Waals surface area contributed by atoms with Crippen LogP contribution in [0, 0.1) is 0 Å². The second-order valence-corrected chi connectivity index (χ2v) is 6.68. The first-order chi connectivity index (χ1) is 13.7. The molecule has 2 aromatic heterocycles. The highest BCUT2D eigenvalue weighted by Gasteiger charge is 2.00. The molecule has 0 saturated carbocycles. The van der Waals surface area contributed by atoms with Crippen molar-refractivity contribution in [1.82, 2.24) is 25.4 Å². The summed E-state index contributed by atoms with van der Waals surface area (Å²) in [5.74, 6) is 0.831. The molecule has 1 aromatic carbocycles. The fourth-order valence-electron chi connectivity index (χ4n) is 2.76. The second kappa shape index (κ2) is 10.5. The van der Waals surface area contributed by atoms with Crippen LogP contribution in [0.3, 0.4) is 0 Å². The number of nitrogens with zero attached hydrogens (tertiary/aromatic N) is 4. The largest absolute Gasteiger partial charge is 0.357 e. The van der Waals surface area contributed by atoms with Crippen molar-refractivity contribution >= 4 is 17.6 Å². The van der Waals surface area contributed by atoms with Crippen LogP contribution in [-0.4, -0.2) is 40.4 Å². The molecule has 3 aromatic rings. The van der Waals surface area contributed by atoms with Crippen LogP contribution < -0.4 is 10.6 Å². The molecule has 0 spiro atoms. The molecule has 0 bridgehead atoms. The molecule has 146 valence electrons. The first-order valence-corrected chi connectivity index (χ1v) is 9.84. The maximum absolute atomic E-state index is 5.82. The monoisotopic (exact) mass is 396 g/mol. The van der Waals surface area contributed by atoms with Crippen molar-refractivity contribution in [3.63, 3.8) is 0 Å².